The minimum Gasteiger partial charge on any atom is -0.330 e. The summed E-state index contributed by atoms with van der Waals surface area (Å²) in [4.78, 5) is 4.17. The lowest BCUT2D eigenvalue weighted by atomic mass is 9.93. The van der Waals surface area contributed by atoms with Gasteiger partial charge in [0.2, 0.25) is 0 Å². The monoisotopic (exact) mass is 281 g/mol. The van der Waals surface area contributed by atoms with Crippen LogP contribution in [0, 0.1) is 11.7 Å². The summed E-state index contributed by atoms with van der Waals surface area (Å²) >= 11 is 5.83. The Bertz CT molecular complexity index is 566. The summed E-state index contributed by atoms with van der Waals surface area (Å²) in [5.74, 6) is 0.175. The Morgan fingerprint density at radius 1 is 1.42 bits per heavy atom. The van der Waals surface area contributed by atoms with E-state index in [1.54, 1.807) is 24.7 Å². The van der Waals surface area contributed by atoms with Gasteiger partial charge in [-0.1, -0.05) is 25.4 Å². The third kappa shape index (κ3) is 2.80. The van der Waals surface area contributed by atoms with Crippen molar-refractivity contribution in [3.8, 4) is 5.69 Å². The number of nitrogens with zero attached hydrogens (tertiary/aromatic N) is 2. The summed E-state index contributed by atoms with van der Waals surface area (Å²) in [7, 11) is 0. The van der Waals surface area contributed by atoms with Gasteiger partial charge in [-0.2, -0.15) is 0 Å². The third-order valence-corrected chi connectivity index (χ3v) is 3.58. The molecule has 1 heterocycles. The number of halogens is 2. The highest BCUT2D eigenvalue weighted by atomic mass is 35.5. The Balaban J connectivity index is 2.46. The van der Waals surface area contributed by atoms with E-state index in [0.29, 0.717) is 12.5 Å². The normalized spacial score (nSPS) is 12.9. The van der Waals surface area contributed by atoms with Crippen molar-refractivity contribution in [2.75, 3.05) is 6.54 Å². The van der Waals surface area contributed by atoms with Crippen molar-refractivity contribution in [1.29, 1.82) is 0 Å². The fourth-order valence-electron chi connectivity index (χ4n) is 2.16. The van der Waals surface area contributed by atoms with Gasteiger partial charge < -0.3 is 10.3 Å². The Morgan fingerprint density at radius 3 is 2.74 bits per heavy atom. The zero-order valence-corrected chi connectivity index (χ0v) is 11.7. The SMILES string of the molecule is CC(C)C(CN)c1cncn1-c1ccc(F)c(Cl)c1. The van der Waals surface area contributed by atoms with E-state index in [-0.39, 0.29) is 10.9 Å². The molecule has 1 atom stereocenters. The molecule has 0 aliphatic rings. The smallest absolute Gasteiger partial charge is 0.141 e. The highest BCUT2D eigenvalue weighted by Gasteiger charge is 2.19. The van der Waals surface area contributed by atoms with Gasteiger partial charge >= 0.3 is 0 Å². The molecule has 0 radical (unpaired) electrons. The van der Waals surface area contributed by atoms with Crippen LogP contribution in [0.5, 0.6) is 0 Å². The number of nitrogens with two attached hydrogens (primary N) is 1. The maximum Gasteiger partial charge on any atom is 0.141 e. The van der Waals surface area contributed by atoms with Crippen molar-refractivity contribution in [2.24, 2.45) is 11.7 Å². The molecule has 5 heteroatoms. The molecule has 0 aliphatic heterocycles. The van der Waals surface area contributed by atoms with Crippen molar-refractivity contribution >= 4 is 11.6 Å². The van der Waals surface area contributed by atoms with Crippen molar-refractivity contribution in [3.63, 3.8) is 0 Å². The molecule has 102 valence electrons. The molecular formula is C14H17ClFN3. The first kappa shape index (κ1) is 14.0. The van der Waals surface area contributed by atoms with Crippen LogP contribution in [0.1, 0.15) is 25.5 Å². The van der Waals surface area contributed by atoms with E-state index in [4.69, 9.17) is 17.3 Å². The fourth-order valence-corrected chi connectivity index (χ4v) is 2.34. The molecule has 0 bridgehead atoms. The Labute approximate surface area is 117 Å². The summed E-state index contributed by atoms with van der Waals surface area (Å²) in [5, 5.41) is 0.103. The highest BCUT2D eigenvalue weighted by molar-refractivity contribution is 6.30. The van der Waals surface area contributed by atoms with Gasteiger partial charge in [0.25, 0.3) is 0 Å². The zero-order valence-electron chi connectivity index (χ0n) is 11.0. The average molecular weight is 282 g/mol. The van der Waals surface area contributed by atoms with Crippen LogP contribution in [0.4, 0.5) is 4.39 Å². The summed E-state index contributed by atoms with van der Waals surface area (Å²) < 4.78 is 15.1. The van der Waals surface area contributed by atoms with Gasteiger partial charge in [-0.05, 0) is 24.1 Å². The molecule has 0 spiro atoms. The lowest BCUT2D eigenvalue weighted by Gasteiger charge is -2.20. The third-order valence-electron chi connectivity index (χ3n) is 3.29. The Morgan fingerprint density at radius 2 is 2.16 bits per heavy atom. The van der Waals surface area contributed by atoms with Gasteiger partial charge in [0.1, 0.15) is 5.82 Å². The fraction of sp³-hybridized carbons (Fsp3) is 0.357. The number of imidazole rings is 1. The second-order valence-electron chi connectivity index (χ2n) is 4.87. The molecule has 2 rings (SSSR count). The predicted octanol–water partition coefficient (Wildman–Crippen LogP) is 3.36. The van der Waals surface area contributed by atoms with E-state index in [9.17, 15) is 4.39 Å². The molecule has 0 saturated carbocycles. The molecule has 1 aromatic heterocycles. The van der Waals surface area contributed by atoms with Gasteiger partial charge in [0, 0.05) is 30.0 Å². The second kappa shape index (κ2) is 5.72. The van der Waals surface area contributed by atoms with Crippen LogP contribution in [0.2, 0.25) is 5.02 Å². The molecule has 3 nitrogen and oxygen atoms in total. The first-order valence-electron chi connectivity index (χ1n) is 6.22. The second-order valence-corrected chi connectivity index (χ2v) is 5.28. The van der Waals surface area contributed by atoms with Crippen LogP contribution in [0.25, 0.3) is 5.69 Å². The van der Waals surface area contributed by atoms with E-state index in [0.717, 1.165) is 11.4 Å². The van der Waals surface area contributed by atoms with Gasteiger partial charge in [-0.25, -0.2) is 9.37 Å². The largest absolute Gasteiger partial charge is 0.330 e. The van der Waals surface area contributed by atoms with Crippen molar-refractivity contribution in [1.82, 2.24) is 9.55 Å². The predicted molar refractivity (Wildman–Crippen MR) is 75.2 cm³/mol. The number of hydrogen-bond donors (Lipinski definition) is 1. The molecule has 0 saturated heterocycles. The van der Waals surface area contributed by atoms with E-state index in [2.05, 4.69) is 18.8 Å². The lowest BCUT2D eigenvalue weighted by Crippen LogP contribution is -2.20. The van der Waals surface area contributed by atoms with E-state index < -0.39 is 5.82 Å². The molecule has 2 N–H and O–H groups in total. The minimum absolute atomic E-state index is 0.103. The maximum absolute atomic E-state index is 13.2. The molecule has 19 heavy (non-hydrogen) atoms. The van der Waals surface area contributed by atoms with Crippen LogP contribution in [0.15, 0.2) is 30.7 Å². The van der Waals surface area contributed by atoms with Gasteiger partial charge in [-0.15, -0.1) is 0 Å². The standard InChI is InChI=1S/C14H17ClFN3/c1-9(2)11(6-17)14-7-18-8-19(14)10-3-4-13(16)12(15)5-10/h3-5,7-9,11H,6,17H2,1-2H3. The van der Waals surface area contributed by atoms with Crippen molar-refractivity contribution < 1.29 is 4.39 Å². The van der Waals surface area contributed by atoms with Crippen molar-refractivity contribution in [2.45, 2.75) is 19.8 Å². The lowest BCUT2D eigenvalue weighted by molar-refractivity contribution is 0.489. The Kier molecular flexibility index (Phi) is 4.22. The van der Waals surface area contributed by atoms with E-state index >= 15 is 0 Å². The van der Waals surface area contributed by atoms with Gasteiger partial charge in [-0.3, -0.25) is 0 Å². The van der Waals surface area contributed by atoms with E-state index in [1.807, 2.05) is 4.57 Å². The van der Waals surface area contributed by atoms with Crippen molar-refractivity contribution in [3.05, 3.63) is 47.3 Å². The average Bonchev–Trinajstić information content (AvgIpc) is 2.82. The Hall–Kier alpha value is -1.39. The number of aromatic nitrogens is 2. The minimum atomic E-state index is -0.425. The molecule has 0 aliphatic carbocycles. The summed E-state index contributed by atoms with van der Waals surface area (Å²) in [6.45, 7) is 4.78. The molecule has 0 fully saturated rings. The molecule has 0 amide bonds. The van der Waals surface area contributed by atoms with Crippen LogP contribution >= 0.6 is 11.6 Å². The molecular weight excluding hydrogens is 265 g/mol. The summed E-state index contributed by atoms with van der Waals surface area (Å²) in [5.41, 5.74) is 7.64. The number of benzene rings is 1. The summed E-state index contributed by atoms with van der Waals surface area (Å²) in [6.07, 6.45) is 3.50. The number of hydrogen-bond acceptors (Lipinski definition) is 2. The summed E-state index contributed by atoms with van der Waals surface area (Å²) in [6, 6.07) is 4.63. The first-order valence-corrected chi connectivity index (χ1v) is 6.60. The van der Waals surface area contributed by atoms with Crippen LogP contribution in [-0.4, -0.2) is 16.1 Å². The van der Waals surface area contributed by atoms with Crippen LogP contribution in [-0.2, 0) is 0 Å². The number of rotatable bonds is 4. The topological polar surface area (TPSA) is 43.8 Å². The maximum atomic E-state index is 13.2. The first-order chi connectivity index (χ1) is 9.04. The quantitative estimate of drug-likeness (QED) is 0.934. The molecule has 1 unspecified atom stereocenters. The van der Waals surface area contributed by atoms with Gasteiger partial charge in [0.15, 0.2) is 0 Å². The molecule has 2 aromatic rings. The van der Waals surface area contributed by atoms with E-state index in [1.165, 1.54) is 6.07 Å². The van der Waals surface area contributed by atoms with Gasteiger partial charge in [0.05, 0.1) is 11.3 Å². The van der Waals surface area contributed by atoms with Crippen LogP contribution < -0.4 is 5.73 Å². The van der Waals surface area contributed by atoms with Crippen LogP contribution in [0.3, 0.4) is 0 Å². The zero-order chi connectivity index (χ0) is 14.0. The molecule has 1 aromatic carbocycles. The highest BCUT2D eigenvalue weighted by Crippen LogP contribution is 2.27.